The highest BCUT2D eigenvalue weighted by Gasteiger charge is 2.28. The van der Waals surface area contributed by atoms with Crippen molar-refractivity contribution >= 4 is 0 Å². The lowest BCUT2D eigenvalue weighted by molar-refractivity contribution is 0.00678. The smallest absolute Gasteiger partial charge is 0.128 e. The SMILES string of the molecule is OC(COCc1ccccc1F)CN1CCCC1c1ccc[nH]1. The van der Waals surface area contributed by atoms with Gasteiger partial charge in [-0.15, -0.1) is 0 Å². The number of benzene rings is 1. The molecule has 4 nitrogen and oxygen atoms in total. The largest absolute Gasteiger partial charge is 0.389 e. The van der Waals surface area contributed by atoms with Gasteiger partial charge in [0, 0.05) is 30.0 Å². The first-order valence-electron chi connectivity index (χ1n) is 8.10. The Morgan fingerprint density at radius 3 is 2.96 bits per heavy atom. The number of aromatic nitrogens is 1. The number of hydrogen-bond donors (Lipinski definition) is 2. The van der Waals surface area contributed by atoms with Gasteiger partial charge >= 0.3 is 0 Å². The molecule has 0 amide bonds. The Morgan fingerprint density at radius 2 is 2.17 bits per heavy atom. The van der Waals surface area contributed by atoms with Crippen molar-refractivity contribution in [1.82, 2.24) is 9.88 Å². The molecule has 2 unspecified atom stereocenters. The van der Waals surface area contributed by atoms with Crippen LogP contribution in [0.5, 0.6) is 0 Å². The molecule has 0 radical (unpaired) electrons. The van der Waals surface area contributed by atoms with Crippen molar-refractivity contribution in [3.05, 3.63) is 59.7 Å². The number of rotatable bonds is 7. The molecule has 0 bridgehead atoms. The quantitative estimate of drug-likeness (QED) is 0.825. The number of nitrogens with one attached hydrogen (secondary N) is 1. The lowest BCUT2D eigenvalue weighted by Crippen LogP contribution is -2.34. The average molecular weight is 318 g/mol. The molecule has 1 fully saturated rings. The van der Waals surface area contributed by atoms with Crippen LogP contribution in [0.3, 0.4) is 0 Å². The Bertz CT molecular complexity index is 603. The van der Waals surface area contributed by atoms with Gasteiger partial charge in [0.05, 0.1) is 19.3 Å². The van der Waals surface area contributed by atoms with E-state index in [0.29, 0.717) is 18.2 Å². The lowest BCUT2D eigenvalue weighted by Gasteiger charge is -2.26. The van der Waals surface area contributed by atoms with E-state index in [0.717, 1.165) is 19.4 Å². The fourth-order valence-corrected chi connectivity index (χ4v) is 3.19. The van der Waals surface area contributed by atoms with Crippen molar-refractivity contribution in [1.29, 1.82) is 0 Å². The molecule has 1 aliphatic rings. The van der Waals surface area contributed by atoms with Crippen LogP contribution >= 0.6 is 0 Å². The fourth-order valence-electron chi connectivity index (χ4n) is 3.19. The van der Waals surface area contributed by atoms with Crippen LogP contribution in [0.25, 0.3) is 0 Å². The van der Waals surface area contributed by atoms with Crippen LogP contribution < -0.4 is 0 Å². The number of ether oxygens (including phenoxy) is 1. The van der Waals surface area contributed by atoms with Gasteiger partial charge in [0.25, 0.3) is 0 Å². The first-order chi connectivity index (χ1) is 11.2. The lowest BCUT2D eigenvalue weighted by atomic mass is 10.1. The maximum Gasteiger partial charge on any atom is 0.128 e. The van der Waals surface area contributed by atoms with E-state index in [1.807, 2.05) is 12.3 Å². The zero-order valence-electron chi connectivity index (χ0n) is 13.1. The number of aromatic amines is 1. The summed E-state index contributed by atoms with van der Waals surface area (Å²) >= 11 is 0. The summed E-state index contributed by atoms with van der Waals surface area (Å²) in [7, 11) is 0. The normalized spacial score (nSPS) is 20.0. The second kappa shape index (κ2) is 7.73. The number of aliphatic hydroxyl groups is 1. The highest BCUT2D eigenvalue weighted by atomic mass is 19.1. The highest BCUT2D eigenvalue weighted by molar-refractivity contribution is 5.16. The summed E-state index contributed by atoms with van der Waals surface area (Å²) in [5.74, 6) is -0.270. The van der Waals surface area contributed by atoms with Crippen LogP contribution in [0, 0.1) is 5.82 Å². The van der Waals surface area contributed by atoms with Gasteiger partial charge in [-0.2, -0.15) is 0 Å². The number of H-pyrrole nitrogens is 1. The van der Waals surface area contributed by atoms with E-state index in [9.17, 15) is 9.50 Å². The van der Waals surface area contributed by atoms with Gasteiger partial charge < -0.3 is 14.8 Å². The summed E-state index contributed by atoms with van der Waals surface area (Å²) < 4.78 is 19.0. The van der Waals surface area contributed by atoms with Crippen LogP contribution in [0.1, 0.15) is 30.1 Å². The molecule has 23 heavy (non-hydrogen) atoms. The van der Waals surface area contributed by atoms with Gasteiger partial charge in [0.2, 0.25) is 0 Å². The van der Waals surface area contributed by atoms with Crippen molar-refractivity contribution in [2.24, 2.45) is 0 Å². The molecule has 0 aliphatic carbocycles. The second-order valence-electron chi connectivity index (χ2n) is 6.04. The predicted octanol–water partition coefficient (Wildman–Crippen LogP) is 2.87. The fraction of sp³-hybridized carbons (Fsp3) is 0.444. The number of nitrogens with zero attached hydrogens (tertiary/aromatic N) is 1. The Kier molecular flexibility index (Phi) is 5.43. The molecule has 2 aromatic rings. The minimum Gasteiger partial charge on any atom is -0.389 e. The average Bonchev–Trinajstić information content (AvgIpc) is 3.20. The molecular formula is C18H23FN2O2. The summed E-state index contributed by atoms with van der Waals surface area (Å²) in [5, 5.41) is 10.2. The Labute approximate surface area is 135 Å². The second-order valence-corrected chi connectivity index (χ2v) is 6.04. The molecule has 3 rings (SSSR count). The van der Waals surface area contributed by atoms with E-state index < -0.39 is 6.10 Å². The minimum atomic E-state index is -0.572. The van der Waals surface area contributed by atoms with Crippen LogP contribution in [-0.2, 0) is 11.3 Å². The summed E-state index contributed by atoms with van der Waals surface area (Å²) in [4.78, 5) is 5.54. The molecule has 2 N–H and O–H groups in total. The van der Waals surface area contributed by atoms with Crippen LogP contribution in [0.4, 0.5) is 4.39 Å². The number of β-amino-alcohol motifs (C(OH)–C–C–N with tert-alkyl or cyclic N) is 1. The van der Waals surface area contributed by atoms with Crippen LogP contribution in [0.2, 0.25) is 0 Å². The van der Waals surface area contributed by atoms with Crippen molar-refractivity contribution < 1.29 is 14.2 Å². The molecule has 0 saturated carbocycles. The number of likely N-dealkylation sites (tertiary alicyclic amines) is 1. The van der Waals surface area contributed by atoms with Gasteiger partial charge in [-0.25, -0.2) is 4.39 Å². The van der Waals surface area contributed by atoms with E-state index >= 15 is 0 Å². The zero-order valence-corrected chi connectivity index (χ0v) is 13.1. The van der Waals surface area contributed by atoms with E-state index in [4.69, 9.17) is 4.74 Å². The first kappa shape index (κ1) is 16.2. The topological polar surface area (TPSA) is 48.5 Å². The number of aliphatic hydroxyl groups excluding tert-OH is 1. The predicted molar refractivity (Wildman–Crippen MR) is 86.4 cm³/mol. The molecule has 2 heterocycles. The standard InChI is InChI=1S/C18H23FN2O2/c19-16-6-2-1-5-14(16)12-23-13-15(22)11-21-10-4-8-18(21)17-7-3-9-20-17/h1-3,5-7,9,15,18,20,22H,4,8,10-13H2. The summed E-state index contributed by atoms with van der Waals surface area (Å²) in [6.07, 6.45) is 3.59. The summed E-state index contributed by atoms with van der Waals surface area (Å²) in [6, 6.07) is 11.0. The van der Waals surface area contributed by atoms with E-state index in [2.05, 4.69) is 16.0 Å². The van der Waals surface area contributed by atoms with Crippen LogP contribution in [-0.4, -0.2) is 40.8 Å². The van der Waals surface area contributed by atoms with Crippen LogP contribution in [0.15, 0.2) is 42.6 Å². The Balaban J connectivity index is 1.46. The minimum absolute atomic E-state index is 0.184. The maximum absolute atomic E-state index is 13.5. The monoisotopic (exact) mass is 318 g/mol. The molecule has 2 atom stereocenters. The molecule has 1 saturated heterocycles. The molecule has 1 aromatic carbocycles. The molecule has 1 aliphatic heterocycles. The molecule has 5 heteroatoms. The van der Waals surface area contributed by atoms with E-state index in [1.165, 1.54) is 11.8 Å². The van der Waals surface area contributed by atoms with Gasteiger partial charge in [0.15, 0.2) is 0 Å². The van der Waals surface area contributed by atoms with Gasteiger partial charge in [-0.1, -0.05) is 18.2 Å². The van der Waals surface area contributed by atoms with Crippen molar-refractivity contribution in [2.75, 3.05) is 19.7 Å². The Hall–Kier alpha value is -1.69. The summed E-state index contributed by atoms with van der Waals surface area (Å²) in [6.45, 7) is 1.95. The molecule has 124 valence electrons. The number of hydrogen-bond acceptors (Lipinski definition) is 3. The summed E-state index contributed by atoms with van der Waals surface area (Å²) in [5.41, 5.74) is 1.71. The molecule has 0 spiro atoms. The van der Waals surface area contributed by atoms with Gasteiger partial charge in [0.1, 0.15) is 5.82 Å². The van der Waals surface area contributed by atoms with Crippen molar-refractivity contribution in [3.63, 3.8) is 0 Å². The van der Waals surface area contributed by atoms with Crippen molar-refractivity contribution in [3.8, 4) is 0 Å². The first-order valence-corrected chi connectivity index (χ1v) is 8.10. The number of halogens is 1. The zero-order chi connectivity index (χ0) is 16.1. The highest BCUT2D eigenvalue weighted by Crippen LogP contribution is 2.30. The molecular weight excluding hydrogens is 295 g/mol. The third-order valence-corrected chi connectivity index (χ3v) is 4.32. The molecule has 1 aromatic heterocycles. The van der Waals surface area contributed by atoms with Gasteiger partial charge in [-0.05, 0) is 37.6 Å². The third-order valence-electron chi connectivity index (χ3n) is 4.32. The van der Waals surface area contributed by atoms with Crippen molar-refractivity contribution in [2.45, 2.75) is 31.6 Å². The van der Waals surface area contributed by atoms with E-state index in [1.54, 1.807) is 18.2 Å². The maximum atomic E-state index is 13.5. The van der Waals surface area contributed by atoms with Gasteiger partial charge in [-0.3, -0.25) is 4.90 Å². The van der Waals surface area contributed by atoms with E-state index in [-0.39, 0.29) is 19.0 Å². The Morgan fingerprint density at radius 1 is 1.30 bits per heavy atom. The third kappa shape index (κ3) is 4.19.